The van der Waals surface area contributed by atoms with Crippen molar-refractivity contribution in [3.05, 3.63) is 34.3 Å². The van der Waals surface area contributed by atoms with Crippen molar-refractivity contribution in [3.63, 3.8) is 0 Å². The van der Waals surface area contributed by atoms with E-state index in [1.54, 1.807) is 0 Å². The van der Waals surface area contributed by atoms with E-state index in [-0.39, 0.29) is 0 Å². The van der Waals surface area contributed by atoms with E-state index in [0.29, 0.717) is 6.42 Å². The van der Waals surface area contributed by atoms with Crippen molar-refractivity contribution < 1.29 is 13.2 Å². The summed E-state index contributed by atoms with van der Waals surface area (Å²) < 4.78 is 37.3. The van der Waals surface area contributed by atoms with Crippen molar-refractivity contribution in [1.29, 1.82) is 0 Å². The highest BCUT2D eigenvalue weighted by Crippen LogP contribution is 2.38. The Bertz CT molecular complexity index is 487. The number of alkyl halides is 3. The molecular formula is C22H32BrF3. The molecule has 1 aliphatic rings. The summed E-state index contributed by atoms with van der Waals surface area (Å²) in [5.74, 6) is 1.62. The van der Waals surface area contributed by atoms with Crippen LogP contribution in [0.25, 0.3) is 0 Å². The molecule has 1 aliphatic carbocycles. The van der Waals surface area contributed by atoms with Gasteiger partial charge in [-0.25, -0.2) is 0 Å². The lowest BCUT2D eigenvalue weighted by Gasteiger charge is -2.29. The Morgan fingerprint density at radius 3 is 1.88 bits per heavy atom. The van der Waals surface area contributed by atoms with Crippen molar-refractivity contribution in [2.45, 2.75) is 95.6 Å². The van der Waals surface area contributed by atoms with E-state index in [0.717, 1.165) is 35.6 Å². The van der Waals surface area contributed by atoms with Crippen molar-refractivity contribution >= 4 is 15.9 Å². The van der Waals surface area contributed by atoms with Gasteiger partial charge in [-0.1, -0.05) is 73.0 Å². The molecule has 26 heavy (non-hydrogen) atoms. The summed E-state index contributed by atoms with van der Waals surface area (Å²) >= 11 is 3.50. The molecule has 0 aromatic heterocycles. The third kappa shape index (κ3) is 8.92. The van der Waals surface area contributed by atoms with Crippen molar-refractivity contribution in [3.8, 4) is 0 Å². The van der Waals surface area contributed by atoms with Crippen LogP contribution >= 0.6 is 15.9 Å². The van der Waals surface area contributed by atoms with Crippen LogP contribution in [0.2, 0.25) is 0 Å². The van der Waals surface area contributed by atoms with Crippen LogP contribution in [-0.4, -0.2) is 6.18 Å². The Balaban J connectivity index is 1.46. The van der Waals surface area contributed by atoms with Crippen LogP contribution in [0.1, 0.15) is 95.0 Å². The first-order chi connectivity index (χ1) is 12.4. The Morgan fingerprint density at radius 1 is 0.769 bits per heavy atom. The fourth-order valence-corrected chi connectivity index (χ4v) is 4.43. The van der Waals surface area contributed by atoms with Gasteiger partial charge in [-0.3, -0.25) is 0 Å². The van der Waals surface area contributed by atoms with Crippen LogP contribution in [0.4, 0.5) is 13.2 Å². The molecule has 4 heteroatoms. The van der Waals surface area contributed by atoms with Gasteiger partial charge in [0.05, 0.1) is 0 Å². The Hall–Kier alpha value is -0.510. The molecule has 0 N–H and O–H groups in total. The molecule has 1 aromatic carbocycles. The molecule has 0 atom stereocenters. The molecule has 1 aromatic rings. The van der Waals surface area contributed by atoms with Gasteiger partial charge in [0.25, 0.3) is 0 Å². The van der Waals surface area contributed by atoms with Gasteiger partial charge in [0, 0.05) is 10.9 Å². The summed E-state index contributed by atoms with van der Waals surface area (Å²) in [6.45, 7) is 0. The summed E-state index contributed by atoms with van der Waals surface area (Å²) in [7, 11) is 0. The largest absolute Gasteiger partial charge is 0.389 e. The van der Waals surface area contributed by atoms with Gasteiger partial charge in [-0.2, -0.15) is 13.2 Å². The number of benzene rings is 1. The highest BCUT2D eigenvalue weighted by Gasteiger charge is 2.25. The molecule has 0 amide bonds. The molecule has 0 radical (unpaired) electrons. The molecule has 0 aliphatic heterocycles. The van der Waals surface area contributed by atoms with Crippen molar-refractivity contribution in [1.82, 2.24) is 0 Å². The van der Waals surface area contributed by atoms with Crippen molar-refractivity contribution in [2.75, 3.05) is 0 Å². The van der Waals surface area contributed by atoms with E-state index in [1.165, 1.54) is 56.9 Å². The first kappa shape index (κ1) is 21.8. The lowest BCUT2D eigenvalue weighted by Crippen LogP contribution is -2.13. The van der Waals surface area contributed by atoms with Crippen LogP contribution in [0.3, 0.4) is 0 Å². The molecule has 148 valence electrons. The Kier molecular flexibility index (Phi) is 9.52. The Morgan fingerprint density at radius 2 is 1.31 bits per heavy atom. The minimum Gasteiger partial charge on any atom is -0.171 e. The zero-order chi connectivity index (χ0) is 18.8. The van der Waals surface area contributed by atoms with Gasteiger partial charge < -0.3 is 0 Å². The maximum Gasteiger partial charge on any atom is 0.389 e. The monoisotopic (exact) mass is 432 g/mol. The van der Waals surface area contributed by atoms with E-state index in [4.69, 9.17) is 0 Å². The topological polar surface area (TPSA) is 0 Å². The van der Waals surface area contributed by atoms with Gasteiger partial charge in [-0.05, 0) is 61.6 Å². The van der Waals surface area contributed by atoms with Crippen LogP contribution in [0.15, 0.2) is 28.7 Å². The minimum atomic E-state index is -3.98. The average Bonchev–Trinajstić information content (AvgIpc) is 2.61. The standard InChI is InChI=1S/C22H32BrF3/c23-21-15-13-20(14-16-21)19-11-9-18(10-12-19)8-6-4-2-1-3-5-7-17-22(24,25)26/h13-16,18-19H,1-12,17H2. The highest BCUT2D eigenvalue weighted by atomic mass is 79.9. The van der Waals surface area contributed by atoms with Crippen LogP contribution in [0, 0.1) is 5.92 Å². The lowest BCUT2D eigenvalue weighted by atomic mass is 9.77. The van der Waals surface area contributed by atoms with Crippen LogP contribution < -0.4 is 0 Å². The summed E-state index contributed by atoms with van der Waals surface area (Å²) in [6.07, 6.45) is 8.83. The van der Waals surface area contributed by atoms with Gasteiger partial charge in [0.15, 0.2) is 0 Å². The molecule has 0 heterocycles. The number of hydrogen-bond acceptors (Lipinski definition) is 0. The zero-order valence-corrected chi connectivity index (χ0v) is 17.3. The minimum absolute atomic E-state index is 0.297. The zero-order valence-electron chi connectivity index (χ0n) is 15.7. The molecule has 1 saturated carbocycles. The maximum absolute atomic E-state index is 12.0. The first-order valence-electron chi connectivity index (χ1n) is 10.3. The molecule has 0 unspecified atom stereocenters. The average molecular weight is 433 g/mol. The molecule has 0 spiro atoms. The molecule has 2 rings (SSSR count). The number of unbranched alkanes of at least 4 members (excludes halogenated alkanes) is 6. The van der Waals surface area contributed by atoms with E-state index >= 15 is 0 Å². The van der Waals surface area contributed by atoms with Gasteiger partial charge >= 0.3 is 6.18 Å². The molecule has 1 fully saturated rings. The molecule has 0 bridgehead atoms. The number of hydrogen-bond donors (Lipinski definition) is 0. The second kappa shape index (κ2) is 11.4. The fraction of sp³-hybridized carbons (Fsp3) is 0.727. The van der Waals surface area contributed by atoms with Crippen LogP contribution in [0.5, 0.6) is 0 Å². The Labute approximate surface area is 165 Å². The summed E-state index contributed by atoms with van der Waals surface area (Å²) in [4.78, 5) is 0. The normalized spacial score (nSPS) is 21.1. The van der Waals surface area contributed by atoms with E-state index in [9.17, 15) is 13.2 Å². The molecular weight excluding hydrogens is 401 g/mol. The predicted octanol–water partition coefficient (Wildman–Crippen LogP) is 8.80. The molecule has 0 nitrogen and oxygen atoms in total. The smallest absolute Gasteiger partial charge is 0.171 e. The maximum atomic E-state index is 12.0. The molecule has 0 saturated heterocycles. The lowest BCUT2D eigenvalue weighted by molar-refractivity contribution is -0.135. The fourth-order valence-electron chi connectivity index (χ4n) is 4.16. The second-order valence-corrected chi connectivity index (χ2v) is 8.81. The SMILES string of the molecule is FC(F)(F)CCCCCCCCCC1CCC(c2ccc(Br)cc2)CC1. The van der Waals surface area contributed by atoms with E-state index in [2.05, 4.69) is 40.2 Å². The van der Waals surface area contributed by atoms with E-state index < -0.39 is 12.6 Å². The first-order valence-corrected chi connectivity index (χ1v) is 11.1. The van der Waals surface area contributed by atoms with Gasteiger partial charge in [0.2, 0.25) is 0 Å². The predicted molar refractivity (Wildman–Crippen MR) is 106 cm³/mol. The number of halogens is 4. The van der Waals surface area contributed by atoms with Crippen molar-refractivity contribution in [2.24, 2.45) is 5.92 Å². The van der Waals surface area contributed by atoms with Gasteiger partial charge in [-0.15, -0.1) is 0 Å². The summed E-state index contributed by atoms with van der Waals surface area (Å²) in [5.41, 5.74) is 1.48. The highest BCUT2D eigenvalue weighted by molar-refractivity contribution is 9.10. The quantitative estimate of drug-likeness (QED) is 0.324. The third-order valence-corrected chi connectivity index (χ3v) is 6.29. The summed E-state index contributed by atoms with van der Waals surface area (Å²) in [5, 5.41) is 0. The van der Waals surface area contributed by atoms with E-state index in [1.807, 2.05) is 0 Å². The third-order valence-electron chi connectivity index (χ3n) is 5.76. The second-order valence-electron chi connectivity index (χ2n) is 7.90. The van der Waals surface area contributed by atoms with Crippen LogP contribution in [-0.2, 0) is 0 Å². The summed E-state index contributed by atoms with van der Waals surface area (Å²) in [6, 6.07) is 8.79. The number of rotatable bonds is 10. The van der Waals surface area contributed by atoms with Gasteiger partial charge in [0.1, 0.15) is 0 Å².